The van der Waals surface area contributed by atoms with E-state index in [1.807, 2.05) is 73.7 Å². The van der Waals surface area contributed by atoms with Gasteiger partial charge in [0.1, 0.15) is 17.3 Å². The summed E-state index contributed by atoms with van der Waals surface area (Å²) in [6, 6.07) is 29.4. The number of thiophene rings is 1. The molecule has 0 aliphatic heterocycles. The number of ether oxygens (including phenoxy) is 3. The third-order valence-electron chi connectivity index (χ3n) is 6.67. The van der Waals surface area contributed by atoms with Gasteiger partial charge in [0.25, 0.3) is 0 Å². The minimum Gasteiger partial charge on any atom is -0.493 e. The van der Waals surface area contributed by atoms with E-state index < -0.39 is 11.6 Å². The summed E-state index contributed by atoms with van der Waals surface area (Å²) in [7, 11) is 0. The van der Waals surface area contributed by atoms with Gasteiger partial charge in [-0.15, -0.1) is 11.3 Å². The third kappa shape index (κ3) is 7.05. The van der Waals surface area contributed by atoms with Crippen molar-refractivity contribution < 1.29 is 23.4 Å². The first-order valence-electron chi connectivity index (χ1n) is 13.7. The van der Waals surface area contributed by atoms with Gasteiger partial charge in [-0.25, -0.2) is 9.78 Å². The van der Waals surface area contributed by atoms with E-state index >= 15 is 0 Å². The molecule has 1 atom stereocenters. The van der Waals surface area contributed by atoms with Gasteiger partial charge in [0.05, 0.1) is 18.9 Å². The van der Waals surface area contributed by atoms with E-state index in [4.69, 9.17) is 23.6 Å². The van der Waals surface area contributed by atoms with E-state index in [1.165, 1.54) is 4.88 Å². The third-order valence-corrected chi connectivity index (χ3v) is 7.59. The fraction of sp³-hybridized carbons (Fsp3) is 0.235. The van der Waals surface area contributed by atoms with Crippen LogP contribution in [0.1, 0.15) is 30.9 Å². The molecule has 7 heteroatoms. The van der Waals surface area contributed by atoms with Crippen LogP contribution in [0.2, 0.25) is 0 Å². The number of nitrogens with zero attached hydrogens (tertiary/aromatic N) is 1. The van der Waals surface area contributed by atoms with Crippen LogP contribution in [0, 0.1) is 6.92 Å². The van der Waals surface area contributed by atoms with Gasteiger partial charge in [0.15, 0.2) is 0 Å². The number of para-hydroxylation sites is 1. The highest BCUT2D eigenvalue weighted by atomic mass is 32.1. The first-order chi connectivity index (χ1) is 19.9. The Morgan fingerprint density at radius 2 is 1.71 bits per heavy atom. The van der Waals surface area contributed by atoms with Crippen LogP contribution in [-0.2, 0) is 22.4 Å². The molecular formula is C34H33NO5S. The molecule has 0 amide bonds. The normalized spacial score (nSPS) is 12.5. The maximum absolute atomic E-state index is 12.8. The maximum atomic E-state index is 12.8. The molecule has 0 bridgehead atoms. The Bertz CT molecular complexity index is 1560. The highest BCUT2D eigenvalue weighted by Gasteiger charge is 2.37. The molecule has 5 rings (SSSR count). The lowest BCUT2D eigenvalue weighted by molar-refractivity contribution is -0.160. The van der Waals surface area contributed by atoms with Crippen molar-refractivity contribution in [1.82, 2.24) is 4.98 Å². The van der Waals surface area contributed by atoms with Gasteiger partial charge in [-0.3, -0.25) is 0 Å². The molecule has 0 radical (unpaired) electrons. The van der Waals surface area contributed by atoms with Gasteiger partial charge in [0, 0.05) is 23.3 Å². The SMILES string of the molecule is CCOC(=O)C(C)(Cc1ccc(OCCc2nc(-c3cccc(-c4cccs4)c3)oc2C)cc1)Oc1ccccc1. The molecular weight excluding hydrogens is 534 g/mol. The van der Waals surface area contributed by atoms with Gasteiger partial charge in [-0.05, 0) is 79.7 Å². The van der Waals surface area contributed by atoms with Gasteiger partial charge in [0.2, 0.25) is 11.5 Å². The van der Waals surface area contributed by atoms with Crippen LogP contribution in [-0.4, -0.2) is 29.8 Å². The van der Waals surface area contributed by atoms with Gasteiger partial charge < -0.3 is 18.6 Å². The summed E-state index contributed by atoms with van der Waals surface area (Å²) in [5.41, 5.74) is 2.75. The van der Waals surface area contributed by atoms with Crippen LogP contribution in [0.5, 0.6) is 11.5 Å². The van der Waals surface area contributed by atoms with Crippen molar-refractivity contribution >= 4 is 17.3 Å². The average Bonchev–Trinajstić information content (AvgIpc) is 3.65. The van der Waals surface area contributed by atoms with Crippen LogP contribution >= 0.6 is 11.3 Å². The Morgan fingerprint density at radius 1 is 0.927 bits per heavy atom. The lowest BCUT2D eigenvalue weighted by Gasteiger charge is -2.28. The molecule has 0 N–H and O–H groups in total. The lowest BCUT2D eigenvalue weighted by Crippen LogP contribution is -2.45. The summed E-state index contributed by atoms with van der Waals surface area (Å²) in [5.74, 6) is 2.36. The summed E-state index contributed by atoms with van der Waals surface area (Å²) < 4.78 is 23.5. The number of benzene rings is 3. The van der Waals surface area contributed by atoms with Gasteiger partial charge in [-0.1, -0.05) is 48.5 Å². The summed E-state index contributed by atoms with van der Waals surface area (Å²) in [6.07, 6.45) is 0.975. The van der Waals surface area contributed by atoms with E-state index in [-0.39, 0.29) is 6.61 Å². The van der Waals surface area contributed by atoms with Crippen molar-refractivity contribution in [1.29, 1.82) is 0 Å². The largest absolute Gasteiger partial charge is 0.493 e. The molecule has 210 valence electrons. The van der Waals surface area contributed by atoms with Gasteiger partial charge >= 0.3 is 5.97 Å². The van der Waals surface area contributed by atoms with Crippen molar-refractivity contribution in [3.8, 4) is 33.4 Å². The Hall–Kier alpha value is -4.36. The topological polar surface area (TPSA) is 70.8 Å². The molecule has 2 heterocycles. The quantitative estimate of drug-likeness (QED) is 0.143. The Morgan fingerprint density at radius 3 is 2.44 bits per heavy atom. The average molecular weight is 568 g/mol. The van der Waals surface area contributed by atoms with Crippen LogP contribution in [0.3, 0.4) is 0 Å². The number of carbonyl (C=O) groups is 1. The predicted octanol–water partition coefficient (Wildman–Crippen LogP) is 7.94. The molecule has 5 aromatic rings. The van der Waals surface area contributed by atoms with E-state index in [0.29, 0.717) is 31.1 Å². The number of hydrogen-bond donors (Lipinski definition) is 0. The first kappa shape index (κ1) is 28.2. The second-order valence-electron chi connectivity index (χ2n) is 9.87. The molecule has 6 nitrogen and oxygen atoms in total. The minimum absolute atomic E-state index is 0.285. The van der Waals surface area contributed by atoms with E-state index in [0.717, 1.165) is 33.9 Å². The Labute approximate surface area is 244 Å². The summed E-state index contributed by atoms with van der Waals surface area (Å²) in [4.78, 5) is 18.8. The first-order valence-corrected chi connectivity index (χ1v) is 14.5. The maximum Gasteiger partial charge on any atom is 0.350 e. The van der Waals surface area contributed by atoms with E-state index in [1.54, 1.807) is 25.2 Å². The molecule has 41 heavy (non-hydrogen) atoms. The standard InChI is InChI=1S/C34H33NO5S/c1-4-37-33(36)34(3,40-29-12-6-5-7-13-29)23-25-15-17-28(18-16-25)38-20-19-30-24(2)39-32(35-30)27-11-8-10-26(22-27)31-14-9-21-41-31/h5-18,21-22H,4,19-20,23H2,1-3H3. The Balaban J connectivity index is 1.19. The Kier molecular flexibility index (Phi) is 8.85. The fourth-order valence-electron chi connectivity index (χ4n) is 4.57. The molecule has 0 aliphatic rings. The van der Waals surface area contributed by atoms with Crippen LogP contribution in [0.4, 0.5) is 0 Å². The van der Waals surface area contributed by atoms with Crippen molar-refractivity contribution in [2.45, 2.75) is 39.2 Å². The van der Waals surface area contributed by atoms with E-state index in [2.05, 4.69) is 29.6 Å². The minimum atomic E-state index is -1.16. The number of aromatic nitrogens is 1. The van der Waals surface area contributed by atoms with Crippen molar-refractivity contribution in [3.63, 3.8) is 0 Å². The summed E-state index contributed by atoms with van der Waals surface area (Å²) in [6.45, 7) is 6.22. The molecule has 2 aromatic heterocycles. The van der Waals surface area contributed by atoms with Crippen LogP contribution < -0.4 is 9.47 Å². The molecule has 1 unspecified atom stereocenters. The van der Waals surface area contributed by atoms with Crippen LogP contribution in [0.25, 0.3) is 21.9 Å². The van der Waals surface area contributed by atoms with Crippen LogP contribution in [0.15, 0.2) is 101 Å². The zero-order valence-electron chi connectivity index (χ0n) is 23.5. The smallest absolute Gasteiger partial charge is 0.350 e. The molecule has 0 saturated carbocycles. The zero-order chi connectivity index (χ0) is 28.7. The fourth-order valence-corrected chi connectivity index (χ4v) is 5.30. The van der Waals surface area contributed by atoms with Gasteiger partial charge in [-0.2, -0.15) is 0 Å². The molecule has 3 aromatic carbocycles. The molecule has 0 fully saturated rings. The monoisotopic (exact) mass is 567 g/mol. The lowest BCUT2D eigenvalue weighted by atomic mass is 9.96. The summed E-state index contributed by atoms with van der Waals surface area (Å²) >= 11 is 1.71. The highest BCUT2D eigenvalue weighted by Crippen LogP contribution is 2.30. The molecule has 0 saturated heterocycles. The van der Waals surface area contributed by atoms with Crippen molar-refractivity contribution in [2.75, 3.05) is 13.2 Å². The second kappa shape index (κ2) is 12.9. The second-order valence-corrected chi connectivity index (χ2v) is 10.8. The number of hydrogen-bond acceptors (Lipinski definition) is 7. The predicted molar refractivity (Wildman–Crippen MR) is 161 cm³/mol. The highest BCUT2D eigenvalue weighted by molar-refractivity contribution is 7.13. The number of carbonyl (C=O) groups excluding carboxylic acids is 1. The van der Waals surface area contributed by atoms with Crippen molar-refractivity contribution in [2.24, 2.45) is 0 Å². The van der Waals surface area contributed by atoms with Crippen molar-refractivity contribution in [3.05, 3.63) is 113 Å². The summed E-state index contributed by atoms with van der Waals surface area (Å²) in [5, 5.41) is 2.07. The molecule has 0 spiro atoms. The number of rotatable bonds is 12. The van der Waals surface area contributed by atoms with E-state index in [9.17, 15) is 4.79 Å². The molecule has 0 aliphatic carbocycles. The number of oxazole rings is 1. The number of esters is 1. The number of aryl methyl sites for hydroxylation is 1. The zero-order valence-corrected chi connectivity index (χ0v) is 24.3.